The molecule has 0 radical (unpaired) electrons. The van der Waals surface area contributed by atoms with Crippen LogP contribution in [-0.4, -0.2) is 43.0 Å². The van der Waals surface area contributed by atoms with Crippen molar-refractivity contribution in [2.24, 2.45) is 0 Å². The third kappa shape index (κ3) is 2.63. The lowest BCUT2D eigenvalue weighted by Gasteiger charge is -2.08. The summed E-state index contributed by atoms with van der Waals surface area (Å²) in [4.78, 5) is 13.7. The van der Waals surface area contributed by atoms with Crippen LogP contribution in [0.4, 0.5) is 0 Å². The number of ether oxygens (including phenoxy) is 2. The molecule has 0 N–H and O–H groups in total. The molecule has 0 unspecified atom stereocenters. The summed E-state index contributed by atoms with van der Waals surface area (Å²) in [6.45, 7) is 7.31. The van der Waals surface area contributed by atoms with Crippen LogP contribution in [0.5, 0.6) is 11.6 Å². The molecule has 4 rings (SSSR count). The molecule has 4 heterocycles. The Labute approximate surface area is 145 Å². The van der Waals surface area contributed by atoms with Crippen LogP contribution in [0.3, 0.4) is 0 Å². The second kappa shape index (κ2) is 5.87. The Morgan fingerprint density at radius 3 is 2.84 bits per heavy atom. The summed E-state index contributed by atoms with van der Waals surface area (Å²) in [6, 6.07) is 2.00. The number of aromatic nitrogens is 6. The molecule has 8 heteroatoms. The molecule has 0 fully saturated rings. The van der Waals surface area contributed by atoms with Crippen molar-refractivity contribution in [1.82, 2.24) is 29.3 Å². The van der Waals surface area contributed by atoms with Crippen LogP contribution >= 0.6 is 0 Å². The molecule has 0 saturated carbocycles. The summed E-state index contributed by atoms with van der Waals surface area (Å²) in [6.07, 6.45) is 3.74. The number of hydrogen-bond donors (Lipinski definition) is 0. The minimum atomic E-state index is 0.208. The highest BCUT2D eigenvalue weighted by atomic mass is 16.5. The van der Waals surface area contributed by atoms with Gasteiger partial charge in [0.1, 0.15) is 29.7 Å². The Kier molecular flexibility index (Phi) is 3.67. The standard InChI is InChI=1S/C17H20N6O2/c1-10(2)23-17(19-11(3)21-23)13-9-22-5-6-25-14-7-15(24-4)18-8-12(14)16(22)20-13/h7-10H,5-6H2,1-4H3. The summed E-state index contributed by atoms with van der Waals surface area (Å²) < 4.78 is 15.0. The van der Waals surface area contributed by atoms with E-state index in [0.29, 0.717) is 19.0 Å². The molecule has 1 aliphatic heterocycles. The van der Waals surface area contributed by atoms with Gasteiger partial charge in [-0.2, -0.15) is 5.10 Å². The molecule has 1 aliphatic rings. The lowest BCUT2D eigenvalue weighted by Crippen LogP contribution is -2.06. The van der Waals surface area contributed by atoms with Gasteiger partial charge in [-0.15, -0.1) is 0 Å². The van der Waals surface area contributed by atoms with Crippen LogP contribution < -0.4 is 9.47 Å². The van der Waals surface area contributed by atoms with Crippen molar-refractivity contribution in [1.29, 1.82) is 0 Å². The topological polar surface area (TPSA) is 79.9 Å². The highest BCUT2D eigenvalue weighted by Crippen LogP contribution is 2.35. The van der Waals surface area contributed by atoms with Crippen molar-refractivity contribution in [2.45, 2.75) is 33.4 Å². The first-order chi connectivity index (χ1) is 12.1. The minimum absolute atomic E-state index is 0.208. The number of nitrogens with zero attached hydrogens (tertiary/aromatic N) is 6. The fraction of sp³-hybridized carbons (Fsp3) is 0.412. The molecule has 3 aromatic rings. The molecule has 3 aromatic heterocycles. The van der Waals surface area contributed by atoms with Gasteiger partial charge in [-0.25, -0.2) is 19.6 Å². The molecule has 0 aliphatic carbocycles. The maximum absolute atomic E-state index is 5.83. The lowest BCUT2D eigenvalue weighted by molar-refractivity contribution is 0.303. The molecule has 0 atom stereocenters. The summed E-state index contributed by atoms with van der Waals surface area (Å²) >= 11 is 0. The van der Waals surface area contributed by atoms with Crippen LogP contribution in [0.2, 0.25) is 0 Å². The van der Waals surface area contributed by atoms with E-state index in [1.165, 1.54) is 0 Å². The van der Waals surface area contributed by atoms with Gasteiger partial charge in [-0.3, -0.25) is 0 Å². The molecular formula is C17H20N6O2. The smallest absolute Gasteiger partial charge is 0.216 e. The first kappa shape index (κ1) is 15.6. The predicted octanol–water partition coefficient (Wildman–Crippen LogP) is 2.49. The van der Waals surface area contributed by atoms with Crippen molar-refractivity contribution in [3.63, 3.8) is 0 Å². The summed E-state index contributed by atoms with van der Waals surface area (Å²) in [7, 11) is 1.59. The van der Waals surface area contributed by atoms with Gasteiger partial charge in [0.2, 0.25) is 5.88 Å². The minimum Gasteiger partial charge on any atom is -0.491 e. The van der Waals surface area contributed by atoms with Crippen molar-refractivity contribution < 1.29 is 9.47 Å². The fourth-order valence-corrected chi connectivity index (χ4v) is 2.95. The maximum atomic E-state index is 5.83. The van der Waals surface area contributed by atoms with Crippen LogP contribution in [0.25, 0.3) is 22.9 Å². The van der Waals surface area contributed by atoms with Crippen LogP contribution in [0, 0.1) is 6.92 Å². The molecular weight excluding hydrogens is 320 g/mol. The van der Waals surface area contributed by atoms with Gasteiger partial charge >= 0.3 is 0 Å². The average Bonchev–Trinajstić information content (AvgIpc) is 3.14. The molecule has 0 spiro atoms. The number of imidazole rings is 1. The Morgan fingerprint density at radius 2 is 2.08 bits per heavy atom. The van der Waals surface area contributed by atoms with E-state index in [4.69, 9.17) is 14.5 Å². The van der Waals surface area contributed by atoms with E-state index >= 15 is 0 Å². The maximum Gasteiger partial charge on any atom is 0.216 e. The summed E-state index contributed by atoms with van der Waals surface area (Å²) in [5.74, 6) is 3.58. The fourth-order valence-electron chi connectivity index (χ4n) is 2.95. The van der Waals surface area contributed by atoms with E-state index in [0.717, 1.165) is 34.5 Å². The zero-order valence-corrected chi connectivity index (χ0v) is 14.7. The Bertz CT molecular complexity index is 927. The first-order valence-electron chi connectivity index (χ1n) is 8.24. The van der Waals surface area contributed by atoms with Crippen LogP contribution in [0.15, 0.2) is 18.5 Å². The largest absolute Gasteiger partial charge is 0.491 e. The van der Waals surface area contributed by atoms with E-state index in [2.05, 4.69) is 33.5 Å². The number of rotatable bonds is 3. The number of methoxy groups -OCH3 is 1. The lowest BCUT2D eigenvalue weighted by atomic mass is 10.2. The summed E-state index contributed by atoms with van der Waals surface area (Å²) in [5.41, 5.74) is 1.64. The van der Waals surface area contributed by atoms with E-state index in [1.54, 1.807) is 19.4 Å². The third-order valence-electron chi connectivity index (χ3n) is 4.11. The molecule has 8 nitrogen and oxygen atoms in total. The first-order valence-corrected chi connectivity index (χ1v) is 8.24. The Hall–Kier alpha value is -2.90. The van der Waals surface area contributed by atoms with Gasteiger partial charge in [-0.05, 0) is 20.8 Å². The third-order valence-corrected chi connectivity index (χ3v) is 4.11. The Morgan fingerprint density at radius 1 is 1.24 bits per heavy atom. The highest BCUT2D eigenvalue weighted by molar-refractivity contribution is 5.68. The quantitative estimate of drug-likeness (QED) is 0.729. The molecule has 0 bridgehead atoms. The van der Waals surface area contributed by atoms with Crippen molar-refractivity contribution in [3.8, 4) is 34.5 Å². The monoisotopic (exact) mass is 340 g/mol. The number of fused-ring (bicyclic) bond motifs is 3. The summed E-state index contributed by atoms with van der Waals surface area (Å²) in [5, 5.41) is 4.48. The normalized spacial score (nSPS) is 13.2. The number of aryl methyl sites for hydroxylation is 1. The van der Waals surface area contributed by atoms with Crippen LogP contribution in [0.1, 0.15) is 25.7 Å². The van der Waals surface area contributed by atoms with Gasteiger partial charge in [0.25, 0.3) is 0 Å². The van der Waals surface area contributed by atoms with Crippen LogP contribution in [-0.2, 0) is 6.54 Å². The van der Waals surface area contributed by atoms with Crippen molar-refractivity contribution >= 4 is 0 Å². The molecule has 25 heavy (non-hydrogen) atoms. The van der Waals surface area contributed by atoms with E-state index in [-0.39, 0.29) is 6.04 Å². The average molecular weight is 340 g/mol. The zero-order valence-electron chi connectivity index (χ0n) is 14.7. The second-order valence-electron chi connectivity index (χ2n) is 6.24. The predicted molar refractivity (Wildman–Crippen MR) is 91.6 cm³/mol. The van der Waals surface area contributed by atoms with Gasteiger partial charge in [0.15, 0.2) is 5.82 Å². The van der Waals surface area contributed by atoms with Gasteiger partial charge in [0, 0.05) is 24.5 Å². The number of hydrogen-bond acceptors (Lipinski definition) is 6. The molecule has 0 amide bonds. The Balaban J connectivity index is 1.84. The number of pyridine rings is 1. The zero-order chi connectivity index (χ0) is 17.6. The van der Waals surface area contributed by atoms with Gasteiger partial charge in [-0.1, -0.05) is 0 Å². The van der Waals surface area contributed by atoms with Crippen molar-refractivity contribution in [3.05, 3.63) is 24.3 Å². The second-order valence-corrected chi connectivity index (χ2v) is 6.24. The molecule has 0 aromatic carbocycles. The molecule has 130 valence electrons. The van der Waals surface area contributed by atoms with E-state index in [9.17, 15) is 0 Å². The van der Waals surface area contributed by atoms with E-state index in [1.807, 2.05) is 17.8 Å². The SMILES string of the molecule is COc1cc2c(cn1)-c1nc(-c3nc(C)nn3C(C)C)cn1CCO2. The van der Waals surface area contributed by atoms with E-state index < -0.39 is 0 Å². The molecule has 0 saturated heterocycles. The van der Waals surface area contributed by atoms with Crippen molar-refractivity contribution in [2.75, 3.05) is 13.7 Å². The highest BCUT2D eigenvalue weighted by Gasteiger charge is 2.23. The van der Waals surface area contributed by atoms with Gasteiger partial charge in [0.05, 0.1) is 19.2 Å². The van der Waals surface area contributed by atoms with Gasteiger partial charge < -0.3 is 14.0 Å².